The number of rotatable bonds is 2. The molecule has 3 aromatic rings. The molecule has 2 heterocycles. The van der Waals surface area contributed by atoms with Gasteiger partial charge in [0.15, 0.2) is 5.75 Å². The Kier molecular flexibility index (Phi) is 2.79. The summed E-state index contributed by atoms with van der Waals surface area (Å²) in [4.78, 5) is 8.28. The first-order valence-electron chi connectivity index (χ1n) is 5.74. The number of nitrogens with zero attached hydrogens (tertiary/aromatic N) is 3. The maximum atomic E-state index is 8.70. The van der Waals surface area contributed by atoms with Gasteiger partial charge in [-0.25, -0.2) is 4.98 Å². The van der Waals surface area contributed by atoms with Crippen LogP contribution in [0.15, 0.2) is 54.9 Å². The molecule has 90 valence electrons. The van der Waals surface area contributed by atoms with Gasteiger partial charge in [-0.15, -0.1) is 0 Å². The molecule has 0 bridgehead atoms. The van der Waals surface area contributed by atoms with Crippen molar-refractivity contribution >= 4 is 10.9 Å². The highest BCUT2D eigenvalue weighted by Crippen LogP contribution is 2.27. The van der Waals surface area contributed by atoms with Crippen LogP contribution in [0, 0.1) is 11.3 Å². The zero-order chi connectivity index (χ0) is 13.1. The number of fused-ring (bicyclic) bond motifs is 1. The third-order valence-electron chi connectivity index (χ3n) is 2.67. The average molecular weight is 247 g/mol. The lowest BCUT2D eigenvalue weighted by Crippen LogP contribution is -1.89. The second kappa shape index (κ2) is 4.75. The Morgan fingerprint density at radius 2 is 1.89 bits per heavy atom. The van der Waals surface area contributed by atoms with E-state index in [1.165, 1.54) is 6.20 Å². The van der Waals surface area contributed by atoms with E-state index < -0.39 is 0 Å². The van der Waals surface area contributed by atoms with Crippen LogP contribution < -0.4 is 4.74 Å². The molecule has 0 saturated heterocycles. The van der Waals surface area contributed by atoms with E-state index in [9.17, 15) is 0 Å². The maximum Gasteiger partial charge on any atom is 0.153 e. The van der Waals surface area contributed by atoms with Gasteiger partial charge in [-0.3, -0.25) is 4.98 Å². The highest BCUT2D eigenvalue weighted by Gasteiger charge is 2.04. The fourth-order valence-corrected chi connectivity index (χ4v) is 1.79. The van der Waals surface area contributed by atoms with E-state index in [-0.39, 0.29) is 0 Å². The van der Waals surface area contributed by atoms with Gasteiger partial charge < -0.3 is 4.74 Å². The number of pyridine rings is 2. The molecule has 0 radical (unpaired) electrons. The Morgan fingerprint density at radius 3 is 2.68 bits per heavy atom. The quantitative estimate of drug-likeness (QED) is 0.697. The Bertz CT molecular complexity index is 755. The molecule has 0 amide bonds. The lowest BCUT2D eigenvalue weighted by atomic mass is 10.2. The Hall–Kier alpha value is -2.93. The normalized spacial score (nSPS) is 10.1. The molecule has 0 unspecified atom stereocenters. The van der Waals surface area contributed by atoms with Crippen LogP contribution >= 0.6 is 0 Å². The molecule has 3 rings (SSSR count). The van der Waals surface area contributed by atoms with E-state index in [2.05, 4.69) is 9.97 Å². The minimum Gasteiger partial charge on any atom is -0.453 e. The van der Waals surface area contributed by atoms with Gasteiger partial charge in [-0.05, 0) is 24.3 Å². The van der Waals surface area contributed by atoms with E-state index in [1.807, 2.05) is 36.4 Å². The van der Waals surface area contributed by atoms with Gasteiger partial charge in [0.05, 0.1) is 6.20 Å². The van der Waals surface area contributed by atoms with E-state index in [4.69, 9.17) is 10.00 Å². The molecule has 0 atom stereocenters. The number of para-hydroxylation sites is 1. The van der Waals surface area contributed by atoms with E-state index in [0.717, 1.165) is 10.9 Å². The van der Waals surface area contributed by atoms with Crippen molar-refractivity contribution in [1.82, 2.24) is 9.97 Å². The van der Waals surface area contributed by atoms with Crippen molar-refractivity contribution in [3.63, 3.8) is 0 Å². The number of ether oxygens (including phenoxy) is 1. The Morgan fingerprint density at radius 1 is 1.00 bits per heavy atom. The Labute approximate surface area is 109 Å². The number of benzene rings is 1. The predicted molar refractivity (Wildman–Crippen MR) is 70.8 cm³/mol. The number of aromatic nitrogens is 2. The molecule has 0 aliphatic carbocycles. The zero-order valence-electron chi connectivity index (χ0n) is 9.95. The summed E-state index contributed by atoms with van der Waals surface area (Å²) < 4.78 is 5.76. The van der Waals surface area contributed by atoms with Crippen molar-refractivity contribution in [3.05, 3.63) is 60.6 Å². The number of hydrogen-bond acceptors (Lipinski definition) is 4. The number of nitriles is 1. The molecule has 0 spiro atoms. The minimum absolute atomic E-state index is 0.364. The lowest BCUT2D eigenvalue weighted by molar-refractivity contribution is 0.484. The van der Waals surface area contributed by atoms with Crippen molar-refractivity contribution in [2.24, 2.45) is 0 Å². The van der Waals surface area contributed by atoms with Gasteiger partial charge >= 0.3 is 0 Å². The molecule has 0 aliphatic rings. The van der Waals surface area contributed by atoms with Crippen molar-refractivity contribution < 1.29 is 4.74 Å². The van der Waals surface area contributed by atoms with Crippen LogP contribution in [0.5, 0.6) is 11.5 Å². The van der Waals surface area contributed by atoms with E-state index >= 15 is 0 Å². The fourth-order valence-electron chi connectivity index (χ4n) is 1.79. The van der Waals surface area contributed by atoms with Gasteiger partial charge in [-0.2, -0.15) is 5.26 Å². The second-order valence-corrected chi connectivity index (χ2v) is 3.92. The highest BCUT2D eigenvalue weighted by molar-refractivity contribution is 5.84. The fraction of sp³-hybridized carbons (Fsp3) is 0. The SMILES string of the molecule is N#Cc1ccc(Oc2cccc3cccnc23)cn1. The molecule has 1 aromatic carbocycles. The van der Waals surface area contributed by atoms with Crippen molar-refractivity contribution in [2.75, 3.05) is 0 Å². The average Bonchev–Trinajstić information content (AvgIpc) is 2.48. The summed E-state index contributed by atoms with van der Waals surface area (Å²) in [7, 11) is 0. The van der Waals surface area contributed by atoms with E-state index in [1.54, 1.807) is 18.3 Å². The molecule has 19 heavy (non-hydrogen) atoms. The Balaban J connectivity index is 1.99. The third-order valence-corrected chi connectivity index (χ3v) is 2.67. The molecule has 4 nitrogen and oxygen atoms in total. The number of hydrogen-bond donors (Lipinski definition) is 0. The van der Waals surface area contributed by atoms with E-state index in [0.29, 0.717) is 17.2 Å². The van der Waals surface area contributed by atoms with Crippen LogP contribution in [0.2, 0.25) is 0 Å². The van der Waals surface area contributed by atoms with Crippen LogP contribution in [-0.2, 0) is 0 Å². The monoisotopic (exact) mass is 247 g/mol. The maximum absolute atomic E-state index is 8.70. The van der Waals surface area contributed by atoms with Crippen LogP contribution in [0.1, 0.15) is 5.69 Å². The molecule has 4 heteroatoms. The standard InChI is InChI=1S/C15H9N3O/c16-9-12-6-7-13(10-18-12)19-14-5-1-3-11-4-2-8-17-15(11)14/h1-8,10H. The molecule has 0 N–H and O–H groups in total. The van der Waals surface area contributed by atoms with Gasteiger partial charge in [0.1, 0.15) is 23.0 Å². The van der Waals surface area contributed by atoms with Crippen molar-refractivity contribution in [1.29, 1.82) is 5.26 Å². The zero-order valence-corrected chi connectivity index (χ0v) is 9.95. The van der Waals surface area contributed by atoms with Crippen LogP contribution in [-0.4, -0.2) is 9.97 Å². The van der Waals surface area contributed by atoms with Crippen LogP contribution in [0.3, 0.4) is 0 Å². The van der Waals surface area contributed by atoms with Gasteiger partial charge in [-0.1, -0.05) is 18.2 Å². The molecule has 0 aliphatic heterocycles. The van der Waals surface area contributed by atoms with Gasteiger partial charge in [0, 0.05) is 11.6 Å². The molecule has 0 saturated carbocycles. The summed E-state index contributed by atoms with van der Waals surface area (Å²) in [6, 6.07) is 14.9. The third kappa shape index (κ3) is 2.22. The van der Waals surface area contributed by atoms with Crippen LogP contribution in [0.25, 0.3) is 10.9 Å². The van der Waals surface area contributed by atoms with Crippen molar-refractivity contribution in [2.45, 2.75) is 0 Å². The highest BCUT2D eigenvalue weighted by atomic mass is 16.5. The molecule has 0 fully saturated rings. The molecular weight excluding hydrogens is 238 g/mol. The first-order chi connectivity index (χ1) is 9.36. The van der Waals surface area contributed by atoms with Gasteiger partial charge in [0.2, 0.25) is 0 Å². The van der Waals surface area contributed by atoms with Gasteiger partial charge in [0.25, 0.3) is 0 Å². The largest absolute Gasteiger partial charge is 0.453 e. The minimum atomic E-state index is 0.364. The molecular formula is C15H9N3O. The summed E-state index contributed by atoms with van der Waals surface area (Å²) in [5.74, 6) is 1.25. The summed E-state index contributed by atoms with van der Waals surface area (Å²) in [5.41, 5.74) is 1.16. The lowest BCUT2D eigenvalue weighted by Gasteiger charge is -2.07. The molecule has 2 aromatic heterocycles. The first kappa shape index (κ1) is 11.2. The smallest absolute Gasteiger partial charge is 0.153 e. The van der Waals surface area contributed by atoms with Crippen molar-refractivity contribution in [3.8, 4) is 17.6 Å². The second-order valence-electron chi connectivity index (χ2n) is 3.92. The first-order valence-corrected chi connectivity index (χ1v) is 5.74. The van der Waals surface area contributed by atoms with Crippen LogP contribution in [0.4, 0.5) is 0 Å². The topological polar surface area (TPSA) is 58.8 Å². The summed E-state index contributed by atoms with van der Waals surface area (Å²) in [5, 5.41) is 9.71. The predicted octanol–water partition coefficient (Wildman–Crippen LogP) is 3.29. The summed E-state index contributed by atoms with van der Waals surface area (Å²) >= 11 is 0. The summed E-state index contributed by atoms with van der Waals surface area (Å²) in [6.45, 7) is 0. The summed E-state index contributed by atoms with van der Waals surface area (Å²) in [6.07, 6.45) is 3.26.